The summed E-state index contributed by atoms with van der Waals surface area (Å²) in [7, 11) is 1.65. The van der Waals surface area contributed by atoms with Gasteiger partial charge in [0, 0.05) is 18.2 Å². The monoisotopic (exact) mass is 362 g/mol. The summed E-state index contributed by atoms with van der Waals surface area (Å²) in [4.78, 5) is 0. The molecule has 0 aromatic rings. The Morgan fingerprint density at radius 1 is 0.760 bits per heavy atom. The second-order valence-corrected chi connectivity index (χ2v) is 7.65. The van der Waals surface area contributed by atoms with E-state index in [1.54, 1.807) is 7.11 Å². The van der Waals surface area contributed by atoms with Crippen molar-refractivity contribution >= 4 is 0 Å². The van der Waals surface area contributed by atoms with Crippen LogP contribution in [0.4, 0.5) is 0 Å². The van der Waals surface area contributed by atoms with Gasteiger partial charge in [0.15, 0.2) is 0 Å². The maximum Gasteiger partial charge on any atom is 0.0704 e. The Labute approximate surface area is 152 Å². The molecule has 1 fully saturated rings. The summed E-state index contributed by atoms with van der Waals surface area (Å²) in [5.41, 5.74) is -0.793. The molecule has 0 saturated carbocycles. The lowest BCUT2D eigenvalue weighted by Crippen LogP contribution is -2.59. The van der Waals surface area contributed by atoms with Gasteiger partial charge in [-0.2, -0.15) is 0 Å². The molecule has 25 heavy (non-hydrogen) atoms. The first kappa shape index (κ1) is 22.8. The lowest BCUT2D eigenvalue weighted by molar-refractivity contribution is -0.0921. The maximum atomic E-state index is 12.3. The molecular formula is C18H36NO6-. The minimum atomic E-state index is -0.396. The highest BCUT2D eigenvalue weighted by molar-refractivity contribution is 5.00. The number of rotatable bonds is 13. The van der Waals surface area contributed by atoms with E-state index in [1.807, 2.05) is 27.7 Å². The topological polar surface area (TPSA) is 72.5 Å². The molecule has 0 N–H and O–H groups in total. The summed E-state index contributed by atoms with van der Waals surface area (Å²) in [6.45, 7) is 12.4. The molecule has 0 spiro atoms. The van der Waals surface area contributed by atoms with Crippen LogP contribution in [0.3, 0.4) is 0 Å². The van der Waals surface area contributed by atoms with E-state index in [-0.39, 0.29) is 6.10 Å². The number of hydroxylamine groups is 2. The van der Waals surface area contributed by atoms with Crippen molar-refractivity contribution < 1.29 is 23.7 Å². The highest BCUT2D eigenvalue weighted by Gasteiger charge is 2.40. The predicted octanol–water partition coefficient (Wildman–Crippen LogP) is 2.22. The fraction of sp³-hybridized carbons (Fsp3) is 1.00. The molecule has 1 rings (SSSR count). The van der Waals surface area contributed by atoms with Crippen LogP contribution in [0.15, 0.2) is 0 Å². The smallest absolute Gasteiger partial charge is 0.0704 e. The molecule has 0 aromatic heterocycles. The van der Waals surface area contributed by atoms with E-state index >= 15 is 0 Å². The third-order valence-corrected chi connectivity index (χ3v) is 4.31. The number of methoxy groups -OCH3 is 1. The van der Waals surface area contributed by atoms with Crippen molar-refractivity contribution in [1.29, 1.82) is 0 Å². The molecule has 0 amide bonds. The van der Waals surface area contributed by atoms with Crippen molar-refractivity contribution in [2.24, 2.45) is 0 Å². The van der Waals surface area contributed by atoms with Gasteiger partial charge in [-0.05, 0) is 40.5 Å². The van der Waals surface area contributed by atoms with Gasteiger partial charge in [0.2, 0.25) is 0 Å². The zero-order chi connectivity index (χ0) is 18.8. The third-order valence-electron chi connectivity index (χ3n) is 4.31. The van der Waals surface area contributed by atoms with Crippen LogP contribution in [-0.4, -0.2) is 82.2 Å². The number of piperidine rings is 1. The molecule has 0 aromatic carbocycles. The lowest BCUT2D eigenvalue weighted by atomic mass is 9.80. The minimum absolute atomic E-state index is 0.0966. The second kappa shape index (κ2) is 11.4. The average Bonchev–Trinajstić information content (AvgIpc) is 2.53. The van der Waals surface area contributed by atoms with Crippen LogP contribution in [0.2, 0.25) is 0 Å². The van der Waals surface area contributed by atoms with Gasteiger partial charge in [-0.3, -0.25) is 0 Å². The zero-order valence-electron chi connectivity index (χ0n) is 16.5. The molecule has 1 aliphatic rings. The van der Waals surface area contributed by atoms with Gasteiger partial charge in [-0.15, -0.1) is 0 Å². The molecule has 0 bridgehead atoms. The van der Waals surface area contributed by atoms with Gasteiger partial charge >= 0.3 is 0 Å². The van der Waals surface area contributed by atoms with E-state index in [2.05, 4.69) is 0 Å². The van der Waals surface area contributed by atoms with E-state index in [4.69, 9.17) is 23.7 Å². The van der Waals surface area contributed by atoms with Gasteiger partial charge < -0.3 is 34.0 Å². The minimum Gasteiger partial charge on any atom is -0.784 e. The first-order valence-electron chi connectivity index (χ1n) is 9.11. The quantitative estimate of drug-likeness (QED) is 0.465. The third kappa shape index (κ3) is 8.77. The van der Waals surface area contributed by atoms with Crippen LogP contribution >= 0.6 is 0 Å². The zero-order valence-corrected chi connectivity index (χ0v) is 16.5. The van der Waals surface area contributed by atoms with Gasteiger partial charge in [-0.25, -0.2) is 0 Å². The fourth-order valence-electron chi connectivity index (χ4n) is 3.25. The summed E-state index contributed by atoms with van der Waals surface area (Å²) >= 11 is 0. The first-order chi connectivity index (χ1) is 11.8. The van der Waals surface area contributed by atoms with E-state index < -0.39 is 11.1 Å². The van der Waals surface area contributed by atoms with Crippen molar-refractivity contribution in [2.45, 2.75) is 57.7 Å². The number of hydrogen-bond acceptors (Lipinski definition) is 7. The second-order valence-electron chi connectivity index (χ2n) is 7.65. The summed E-state index contributed by atoms with van der Waals surface area (Å²) in [6.07, 6.45) is 1.58. The molecule has 1 aliphatic heterocycles. The molecule has 0 radical (unpaired) electrons. The first-order valence-corrected chi connectivity index (χ1v) is 9.11. The van der Waals surface area contributed by atoms with Gasteiger partial charge in [0.1, 0.15) is 0 Å². The van der Waals surface area contributed by atoms with Crippen molar-refractivity contribution in [3.63, 3.8) is 0 Å². The standard InChI is InChI=1S/C18H36NO6/c1-17(2)14-16(15-18(3,4)19(17)20)25-13-12-24-11-10-23-9-8-22-7-6-21-5/h16H,6-15H2,1-5H3/q-1. The summed E-state index contributed by atoms with van der Waals surface area (Å²) in [6, 6.07) is 0. The molecule has 0 atom stereocenters. The van der Waals surface area contributed by atoms with E-state index in [9.17, 15) is 5.21 Å². The SMILES string of the molecule is COCCOCCOCCOCCOC1CC(C)(C)N([O-])C(C)(C)C1. The van der Waals surface area contributed by atoms with Gasteiger partial charge in [0.25, 0.3) is 0 Å². The molecule has 0 unspecified atom stereocenters. The number of hydrogen-bond donors (Lipinski definition) is 0. The Kier molecular flexibility index (Phi) is 10.4. The molecule has 7 heteroatoms. The van der Waals surface area contributed by atoms with Crippen LogP contribution in [0.1, 0.15) is 40.5 Å². The summed E-state index contributed by atoms with van der Waals surface area (Å²) in [5.74, 6) is 0. The van der Waals surface area contributed by atoms with Gasteiger partial charge in [-0.1, -0.05) is 0 Å². The van der Waals surface area contributed by atoms with E-state index in [1.165, 1.54) is 5.06 Å². The Bertz CT molecular complexity index is 332. The average molecular weight is 362 g/mol. The molecule has 1 heterocycles. The largest absolute Gasteiger partial charge is 0.784 e. The molecule has 1 saturated heterocycles. The lowest BCUT2D eigenvalue weighted by Gasteiger charge is -2.59. The Hall–Kier alpha value is -0.280. The van der Waals surface area contributed by atoms with Crippen LogP contribution in [0, 0.1) is 5.21 Å². The van der Waals surface area contributed by atoms with E-state index in [0.717, 1.165) is 12.8 Å². The van der Waals surface area contributed by atoms with Gasteiger partial charge in [0.05, 0.1) is 59.0 Å². The molecule has 0 aliphatic carbocycles. The van der Waals surface area contributed by atoms with Crippen LogP contribution in [-0.2, 0) is 23.7 Å². The molecule has 7 nitrogen and oxygen atoms in total. The maximum absolute atomic E-state index is 12.3. The summed E-state index contributed by atoms with van der Waals surface area (Å²) in [5, 5.41) is 13.5. The Morgan fingerprint density at radius 3 is 1.60 bits per heavy atom. The molecular weight excluding hydrogens is 326 g/mol. The van der Waals surface area contributed by atoms with Crippen LogP contribution < -0.4 is 0 Å². The highest BCUT2D eigenvalue weighted by atomic mass is 16.6. The number of nitrogens with zero attached hydrogens (tertiary/aromatic N) is 1. The Balaban J connectivity index is 2.00. The van der Waals surface area contributed by atoms with Crippen LogP contribution in [0.5, 0.6) is 0 Å². The van der Waals surface area contributed by atoms with Crippen molar-refractivity contribution in [2.75, 3.05) is 60.0 Å². The Morgan fingerprint density at radius 2 is 1.16 bits per heavy atom. The van der Waals surface area contributed by atoms with Crippen molar-refractivity contribution in [3.8, 4) is 0 Å². The predicted molar refractivity (Wildman–Crippen MR) is 96.7 cm³/mol. The highest BCUT2D eigenvalue weighted by Crippen LogP contribution is 2.38. The van der Waals surface area contributed by atoms with E-state index in [0.29, 0.717) is 52.9 Å². The van der Waals surface area contributed by atoms with Crippen molar-refractivity contribution in [3.05, 3.63) is 5.21 Å². The van der Waals surface area contributed by atoms with Crippen LogP contribution in [0.25, 0.3) is 0 Å². The van der Waals surface area contributed by atoms with Crippen molar-refractivity contribution in [1.82, 2.24) is 5.06 Å². The summed E-state index contributed by atoms with van der Waals surface area (Å²) < 4.78 is 27.0. The number of ether oxygens (including phenoxy) is 5. The molecule has 150 valence electrons. The fourth-order valence-corrected chi connectivity index (χ4v) is 3.25. The normalized spacial score (nSPS) is 20.9.